The molecule has 1 aliphatic heterocycles. The molecule has 6 heteroatoms. The number of likely N-dealkylation sites (tertiary alicyclic amines) is 1. The Labute approximate surface area is 166 Å². The molecule has 1 aliphatic rings. The van der Waals surface area contributed by atoms with Crippen molar-refractivity contribution < 1.29 is 14.3 Å². The van der Waals surface area contributed by atoms with E-state index in [0.717, 1.165) is 36.6 Å². The summed E-state index contributed by atoms with van der Waals surface area (Å²) in [7, 11) is 0. The number of hydrazine groups is 1. The van der Waals surface area contributed by atoms with Crippen LogP contribution in [0.15, 0.2) is 42.5 Å². The van der Waals surface area contributed by atoms with Crippen molar-refractivity contribution in [3.63, 3.8) is 0 Å². The van der Waals surface area contributed by atoms with Crippen LogP contribution in [-0.4, -0.2) is 41.4 Å². The maximum atomic E-state index is 12.5. The first-order valence-electron chi connectivity index (χ1n) is 9.96. The third-order valence-electron chi connectivity index (χ3n) is 5.22. The van der Waals surface area contributed by atoms with Gasteiger partial charge in [0.15, 0.2) is 6.10 Å². The van der Waals surface area contributed by atoms with E-state index in [4.69, 9.17) is 4.74 Å². The van der Waals surface area contributed by atoms with E-state index < -0.39 is 6.10 Å². The molecule has 2 aromatic rings. The molecule has 3 rings (SSSR count). The van der Waals surface area contributed by atoms with Gasteiger partial charge in [-0.3, -0.25) is 25.3 Å². The predicted molar refractivity (Wildman–Crippen MR) is 110 cm³/mol. The largest absolute Gasteiger partial charge is 0.481 e. The predicted octanol–water partition coefficient (Wildman–Crippen LogP) is 3.02. The molecular formula is C22H29N3O3. The number of piperidine rings is 1. The molecule has 2 amide bonds. The lowest BCUT2D eigenvalue weighted by molar-refractivity contribution is -0.136. The van der Waals surface area contributed by atoms with Crippen molar-refractivity contribution in [1.82, 2.24) is 15.8 Å². The number of nitrogens with one attached hydrogen (secondary N) is 2. The van der Waals surface area contributed by atoms with E-state index in [-0.39, 0.29) is 17.9 Å². The van der Waals surface area contributed by atoms with Crippen LogP contribution in [0.5, 0.6) is 5.75 Å². The van der Waals surface area contributed by atoms with E-state index in [2.05, 4.69) is 29.6 Å². The number of carbonyl (C=O) groups is 2. The van der Waals surface area contributed by atoms with Crippen LogP contribution in [0.3, 0.4) is 0 Å². The van der Waals surface area contributed by atoms with Crippen LogP contribution >= 0.6 is 0 Å². The number of carbonyl (C=O) groups excluding carboxylic acids is 2. The van der Waals surface area contributed by atoms with Gasteiger partial charge in [-0.15, -0.1) is 0 Å². The number of ether oxygens (including phenoxy) is 1. The number of rotatable bonds is 5. The highest BCUT2D eigenvalue weighted by molar-refractivity contribution is 5.87. The Hall–Kier alpha value is -2.60. The zero-order chi connectivity index (χ0) is 20.1. The Morgan fingerprint density at radius 2 is 1.79 bits per heavy atom. The topological polar surface area (TPSA) is 70.7 Å². The van der Waals surface area contributed by atoms with Gasteiger partial charge in [-0.2, -0.15) is 0 Å². The summed E-state index contributed by atoms with van der Waals surface area (Å²) in [6, 6.07) is 13.8. The maximum absolute atomic E-state index is 12.5. The molecule has 2 unspecified atom stereocenters. The molecule has 1 heterocycles. The highest BCUT2D eigenvalue weighted by atomic mass is 16.5. The molecule has 28 heavy (non-hydrogen) atoms. The van der Waals surface area contributed by atoms with E-state index in [1.165, 1.54) is 0 Å². The van der Waals surface area contributed by atoms with Gasteiger partial charge in [0.1, 0.15) is 5.75 Å². The van der Waals surface area contributed by atoms with Gasteiger partial charge in [0, 0.05) is 6.04 Å². The van der Waals surface area contributed by atoms with Crippen LogP contribution in [0.1, 0.15) is 40.0 Å². The van der Waals surface area contributed by atoms with Gasteiger partial charge in [0.25, 0.3) is 11.8 Å². The third kappa shape index (κ3) is 4.81. The highest BCUT2D eigenvalue weighted by Crippen LogP contribution is 2.22. The molecule has 2 N–H and O–H groups in total. The zero-order valence-electron chi connectivity index (χ0n) is 16.8. The Morgan fingerprint density at radius 3 is 2.54 bits per heavy atom. The second-order valence-corrected chi connectivity index (χ2v) is 7.59. The van der Waals surface area contributed by atoms with E-state index in [9.17, 15) is 9.59 Å². The summed E-state index contributed by atoms with van der Waals surface area (Å²) >= 11 is 0. The minimum Gasteiger partial charge on any atom is -0.481 e. The van der Waals surface area contributed by atoms with Gasteiger partial charge >= 0.3 is 0 Å². The van der Waals surface area contributed by atoms with Crippen molar-refractivity contribution >= 4 is 22.6 Å². The van der Waals surface area contributed by atoms with Gasteiger partial charge in [-0.05, 0) is 63.1 Å². The Morgan fingerprint density at radius 1 is 1.04 bits per heavy atom. The molecule has 1 fully saturated rings. The summed E-state index contributed by atoms with van der Waals surface area (Å²) in [5.41, 5.74) is 5.08. The highest BCUT2D eigenvalue weighted by Gasteiger charge is 2.30. The molecule has 1 saturated heterocycles. The molecule has 0 aromatic heterocycles. The first-order chi connectivity index (χ1) is 13.5. The summed E-state index contributed by atoms with van der Waals surface area (Å²) < 4.78 is 5.75. The summed E-state index contributed by atoms with van der Waals surface area (Å²) in [5.74, 6) is 0.0685. The zero-order valence-corrected chi connectivity index (χ0v) is 16.8. The van der Waals surface area contributed by atoms with Crippen molar-refractivity contribution in [1.29, 1.82) is 0 Å². The van der Waals surface area contributed by atoms with Crippen molar-refractivity contribution in [3.8, 4) is 5.75 Å². The molecule has 150 valence electrons. The van der Waals surface area contributed by atoms with Crippen LogP contribution in [0.25, 0.3) is 10.8 Å². The normalized spacial score (nSPS) is 18.6. The summed E-state index contributed by atoms with van der Waals surface area (Å²) in [6.07, 6.45) is 2.21. The van der Waals surface area contributed by atoms with E-state index in [1.54, 1.807) is 6.92 Å². The number of amides is 2. The van der Waals surface area contributed by atoms with E-state index >= 15 is 0 Å². The van der Waals surface area contributed by atoms with Crippen LogP contribution in [-0.2, 0) is 9.59 Å². The fourth-order valence-corrected chi connectivity index (χ4v) is 3.66. The SMILES string of the molecule is CC(Oc1ccc2ccccc2c1)C(=O)NNC(=O)C1CCCCN1C(C)C. The fourth-order valence-electron chi connectivity index (χ4n) is 3.66. The summed E-state index contributed by atoms with van der Waals surface area (Å²) in [4.78, 5) is 27.1. The monoisotopic (exact) mass is 383 g/mol. The minimum absolute atomic E-state index is 0.167. The Bertz CT molecular complexity index is 837. The van der Waals surface area contributed by atoms with Crippen LogP contribution < -0.4 is 15.6 Å². The lowest BCUT2D eigenvalue weighted by Crippen LogP contribution is -2.56. The van der Waals surface area contributed by atoms with Crippen molar-refractivity contribution in [2.24, 2.45) is 0 Å². The van der Waals surface area contributed by atoms with Crippen molar-refractivity contribution in [3.05, 3.63) is 42.5 Å². The Balaban J connectivity index is 1.54. The number of hydrogen-bond donors (Lipinski definition) is 2. The molecule has 6 nitrogen and oxygen atoms in total. The van der Waals surface area contributed by atoms with Gasteiger partial charge in [-0.25, -0.2) is 0 Å². The molecule has 0 bridgehead atoms. The second-order valence-electron chi connectivity index (χ2n) is 7.59. The van der Waals surface area contributed by atoms with Gasteiger partial charge in [-0.1, -0.05) is 36.8 Å². The number of nitrogens with zero attached hydrogens (tertiary/aromatic N) is 1. The van der Waals surface area contributed by atoms with Crippen molar-refractivity contribution in [2.45, 2.75) is 58.2 Å². The molecule has 0 saturated carbocycles. The number of benzene rings is 2. The molecule has 0 aliphatic carbocycles. The van der Waals surface area contributed by atoms with Crippen LogP contribution in [0, 0.1) is 0 Å². The summed E-state index contributed by atoms with van der Waals surface area (Å²) in [6.45, 7) is 6.75. The fraction of sp³-hybridized carbons (Fsp3) is 0.455. The smallest absolute Gasteiger partial charge is 0.279 e. The first kappa shape index (κ1) is 20.1. The summed E-state index contributed by atoms with van der Waals surface area (Å²) in [5, 5.41) is 2.16. The second kappa shape index (κ2) is 9.06. The number of fused-ring (bicyclic) bond motifs is 1. The maximum Gasteiger partial charge on any atom is 0.279 e. The Kier molecular flexibility index (Phi) is 6.52. The molecular weight excluding hydrogens is 354 g/mol. The minimum atomic E-state index is -0.728. The molecule has 0 radical (unpaired) electrons. The molecule has 2 atom stereocenters. The van der Waals surface area contributed by atoms with Crippen LogP contribution in [0.4, 0.5) is 0 Å². The van der Waals surface area contributed by atoms with E-state index in [0.29, 0.717) is 11.8 Å². The average Bonchev–Trinajstić information content (AvgIpc) is 2.71. The van der Waals surface area contributed by atoms with Gasteiger partial charge < -0.3 is 4.74 Å². The van der Waals surface area contributed by atoms with Crippen LogP contribution in [0.2, 0.25) is 0 Å². The quantitative estimate of drug-likeness (QED) is 0.779. The lowest BCUT2D eigenvalue weighted by atomic mass is 10.00. The third-order valence-corrected chi connectivity index (χ3v) is 5.22. The van der Waals surface area contributed by atoms with Gasteiger partial charge in [0.2, 0.25) is 0 Å². The van der Waals surface area contributed by atoms with E-state index in [1.807, 2.05) is 42.5 Å². The van der Waals surface area contributed by atoms with Crippen molar-refractivity contribution in [2.75, 3.05) is 6.54 Å². The number of hydrogen-bond acceptors (Lipinski definition) is 4. The average molecular weight is 383 g/mol. The molecule has 2 aromatic carbocycles. The van der Waals surface area contributed by atoms with Gasteiger partial charge in [0.05, 0.1) is 6.04 Å². The first-order valence-corrected chi connectivity index (χ1v) is 9.96. The standard InChI is InChI=1S/C22H29N3O3/c1-15(2)25-13-7-6-10-20(25)22(27)24-23-21(26)16(3)28-19-12-11-17-8-4-5-9-18(17)14-19/h4-5,8-9,11-12,14-16,20H,6-7,10,13H2,1-3H3,(H,23,26)(H,24,27). The lowest BCUT2D eigenvalue weighted by Gasteiger charge is -2.37. The molecule has 0 spiro atoms.